The quantitative estimate of drug-likeness (QED) is 0.866. The largest absolute Gasteiger partial charge is 0.383 e. The van der Waals surface area contributed by atoms with Gasteiger partial charge in [0.05, 0.1) is 22.8 Å². The van der Waals surface area contributed by atoms with E-state index in [2.05, 4.69) is 26.2 Å². The third kappa shape index (κ3) is 3.63. The van der Waals surface area contributed by atoms with Gasteiger partial charge in [-0.15, -0.1) is 0 Å². The highest BCUT2D eigenvalue weighted by Gasteiger charge is 2.14. The molecule has 0 aliphatic heterocycles. The van der Waals surface area contributed by atoms with Crippen LogP contribution in [-0.2, 0) is 4.74 Å². The molecule has 2 rings (SSSR count). The number of nitrogens with one attached hydrogen (secondary N) is 1. The number of anilines is 2. The van der Waals surface area contributed by atoms with Crippen LogP contribution in [0.15, 0.2) is 22.8 Å². The van der Waals surface area contributed by atoms with Crippen LogP contribution >= 0.6 is 15.9 Å². The zero-order chi connectivity index (χ0) is 15.6. The van der Waals surface area contributed by atoms with E-state index in [0.717, 1.165) is 11.3 Å². The minimum Gasteiger partial charge on any atom is -0.383 e. The fourth-order valence-electron chi connectivity index (χ4n) is 2.17. The molecule has 0 aliphatic rings. The highest BCUT2D eigenvalue weighted by molar-refractivity contribution is 9.10. The molecule has 1 unspecified atom stereocenters. The molecule has 0 bridgehead atoms. The summed E-state index contributed by atoms with van der Waals surface area (Å²) in [4.78, 5) is 4.46. The second kappa shape index (κ2) is 6.58. The molecule has 0 fully saturated rings. The Balaban J connectivity index is 2.34. The first-order valence-corrected chi connectivity index (χ1v) is 7.48. The lowest BCUT2D eigenvalue weighted by Gasteiger charge is -2.17. The van der Waals surface area contributed by atoms with E-state index in [1.807, 2.05) is 31.5 Å². The number of rotatable bonds is 5. The number of nitrogens with zero attached hydrogens (tertiary/aromatic N) is 2. The van der Waals surface area contributed by atoms with E-state index in [0.29, 0.717) is 22.7 Å². The molecule has 0 aliphatic carbocycles. The van der Waals surface area contributed by atoms with E-state index in [1.54, 1.807) is 13.2 Å². The lowest BCUT2D eigenvalue weighted by Crippen LogP contribution is -2.13. The summed E-state index contributed by atoms with van der Waals surface area (Å²) < 4.78 is 21.4. The van der Waals surface area contributed by atoms with Crippen LogP contribution in [0, 0.1) is 19.7 Å². The molecule has 114 valence electrons. The van der Waals surface area contributed by atoms with Gasteiger partial charge in [-0.05, 0) is 54.4 Å². The number of hydrogen-bond donors (Lipinski definition) is 1. The van der Waals surface area contributed by atoms with Crippen LogP contribution in [0.5, 0.6) is 0 Å². The molecule has 1 heterocycles. The summed E-state index contributed by atoms with van der Waals surface area (Å²) in [6, 6.07) is 3.35. The third-order valence-corrected chi connectivity index (χ3v) is 3.86. The van der Waals surface area contributed by atoms with Crippen molar-refractivity contribution >= 4 is 27.6 Å². The van der Waals surface area contributed by atoms with Crippen molar-refractivity contribution in [3.05, 3.63) is 39.9 Å². The van der Waals surface area contributed by atoms with Crippen molar-refractivity contribution in [3.8, 4) is 0 Å². The Morgan fingerprint density at radius 3 is 2.81 bits per heavy atom. The van der Waals surface area contributed by atoms with Gasteiger partial charge in [0.15, 0.2) is 0 Å². The maximum atomic E-state index is 13.7. The van der Waals surface area contributed by atoms with Gasteiger partial charge in [-0.3, -0.25) is 0 Å². The fourth-order valence-corrected chi connectivity index (χ4v) is 2.63. The number of imidazole rings is 1. The molecular weight excluding hydrogens is 337 g/mol. The Labute approximate surface area is 132 Å². The summed E-state index contributed by atoms with van der Waals surface area (Å²) in [6.07, 6.45) is 1.95. The van der Waals surface area contributed by atoms with Crippen molar-refractivity contribution in [1.82, 2.24) is 9.55 Å². The van der Waals surface area contributed by atoms with Gasteiger partial charge in [0.2, 0.25) is 5.95 Å². The van der Waals surface area contributed by atoms with Crippen molar-refractivity contribution in [2.45, 2.75) is 26.8 Å². The number of ether oxygens (including phenoxy) is 1. The Morgan fingerprint density at radius 2 is 2.14 bits per heavy atom. The molecule has 21 heavy (non-hydrogen) atoms. The number of benzene rings is 1. The molecule has 1 aromatic carbocycles. The molecule has 0 amide bonds. The SMILES string of the molecule is COCC(C)n1cc(C)nc1Nc1cc(F)c(Br)cc1C. The first-order chi connectivity index (χ1) is 9.92. The van der Waals surface area contributed by atoms with E-state index >= 15 is 0 Å². The Kier molecular flexibility index (Phi) is 5.00. The predicted molar refractivity (Wildman–Crippen MR) is 85.7 cm³/mol. The number of methoxy groups -OCH3 is 1. The van der Waals surface area contributed by atoms with E-state index < -0.39 is 0 Å². The zero-order valence-electron chi connectivity index (χ0n) is 12.6. The standard InChI is InChI=1S/C15H19BrFN3O/c1-9-5-12(16)13(17)6-14(9)19-15-18-10(2)7-20(15)11(3)8-21-4/h5-7,11H,8H2,1-4H3,(H,18,19). The number of aryl methyl sites for hydroxylation is 2. The molecule has 0 saturated heterocycles. The van der Waals surface area contributed by atoms with Crippen LogP contribution in [0.2, 0.25) is 0 Å². The number of aromatic nitrogens is 2. The van der Waals surface area contributed by atoms with Gasteiger partial charge in [0.1, 0.15) is 5.82 Å². The molecule has 1 N–H and O–H groups in total. The van der Waals surface area contributed by atoms with E-state index in [9.17, 15) is 4.39 Å². The average Bonchev–Trinajstić information content (AvgIpc) is 2.77. The van der Waals surface area contributed by atoms with E-state index in [-0.39, 0.29) is 11.9 Å². The zero-order valence-corrected chi connectivity index (χ0v) is 14.2. The van der Waals surface area contributed by atoms with Crippen LogP contribution in [0.25, 0.3) is 0 Å². The van der Waals surface area contributed by atoms with Crippen LogP contribution in [0.4, 0.5) is 16.0 Å². The van der Waals surface area contributed by atoms with Crippen molar-refractivity contribution in [2.24, 2.45) is 0 Å². The summed E-state index contributed by atoms with van der Waals surface area (Å²) in [6.45, 7) is 6.48. The molecule has 0 radical (unpaired) electrons. The van der Waals surface area contributed by atoms with Gasteiger partial charge in [-0.2, -0.15) is 0 Å². The Morgan fingerprint density at radius 1 is 1.43 bits per heavy atom. The van der Waals surface area contributed by atoms with E-state index in [1.165, 1.54) is 6.07 Å². The first-order valence-electron chi connectivity index (χ1n) is 6.69. The monoisotopic (exact) mass is 355 g/mol. The van der Waals surface area contributed by atoms with Crippen LogP contribution < -0.4 is 5.32 Å². The second-order valence-electron chi connectivity index (χ2n) is 5.12. The number of halogens is 2. The first kappa shape index (κ1) is 16.0. The van der Waals surface area contributed by atoms with Crippen LogP contribution in [-0.4, -0.2) is 23.3 Å². The Bertz CT molecular complexity index is 642. The van der Waals surface area contributed by atoms with Crippen LogP contribution in [0.3, 0.4) is 0 Å². The van der Waals surface area contributed by atoms with Crippen molar-refractivity contribution in [2.75, 3.05) is 19.0 Å². The van der Waals surface area contributed by atoms with Gasteiger partial charge >= 0.3 is 0 Å². The summed E-state index contributed by atoms with van der Waals surface area (Å²) in [5.74, 6) is 0.379. The lowest BCUT2D eigenvalue weighted by molar-refractivity contribution is 0.163. The van der Waals surface area contributed by atoms with Crippen LogP contribution in [0.1, 0.15) is 24.2 Å². The fraction of sp³-hybridized carbons (Fsp3) is 0.400. The average molecular weight is 356 g/mol. The summed E-state index contributed by atoms with van der Waals surface area (Å²) >= 11 is 3.19. The second-order valence-corrected chi connectivity index (χ2v) is 5.98. The lowest BCUT2D eigenvalue weighted by atomic mass is 10.2. The molecule has 1 aromatic heterocycles. The minimum atomic E-state index is -0.303. The molecule has 1 atom stereocenters. The maximum absolute atomic E-state index is 13.7. The van der Waals surface area contributed by atoms with E-state index in [4.69, 9.17) is 4.74 Å². The topological polar surface area (TPSA) is 39.1 Å². The van der Waals surface area contributed by atoms with Crippen molar-refractivity contribution in [3.63, 3.8) is 0 Å². The number of hydrogen-bond acceptors (Lipinski definition) is 3. The smallest absolute Gasteiger partial charge is 0.207 e. The Hall–Kier alpha value is -1.40. The summed E-state index contributed by atoms with van der Waals surface area (Å²) in [5, 5.41) is 3.20. The molecular formula is C15H19BrFN3O. The van der Waals surface area contributed by atoms with Gasteiger partial charge in [-0.25, -0.2) is 9.37 Å². The highest BCUT2D eigenvalue weighted by Crippen LogP contribution is 2.27. The molecule has 2 aromatic rings. The predicted octanol–water partition coefficient (Wildman–Crippen LogP) is 4.35. The maximum Gasteiger partial charge on any atom is 0.207 e. The molecule has 0 saturated carbocycles. The van der Waals surface area contributed by atoms with Crippen molar-refractivity contribution < 1.29 is 9.13 Å². The molecule has 4 nitrogen and oxygen atoms in total. The minimum absolute atomic E-state index is 0.138. The normalized spacial score (nSPS) is 12.5. The van der Waals surface area contributed by atoms with Gasteiger partial charge < -0.3 is 14.6 Å². The molecule has 6 heteroatoms. The summed E-state index contributed by atoms with van der Waals surface area (Å²) in [7, 11) is 1.67. The molecule has 0 spiro atoms. The highest BCUT2D eigenvalue weighted by atomic mass is 79.9. The summed E-state index contributed by atoms with van der Waals surface area (Å²) in [5.41, 5.74) is 2.54. The van der Waals surface area contributed by atoms with Gasteiger partial charge in [0.25, 0.3) is 0 Å². The third-order valence-electron chi connectivity index (χ3n) is 3.25. The van der Waals surface area contributed by atoms with Gasteiger partial charge in [-0.1, -0.05) is 0 Å². The van der Waals surface area contributed by atoms with Crippen molar-refractivity contribution in [1.29, 1.82) is 0 Å². The van der Waals surface area contributed by atoms with Gasteiger partial charge in [0, 0.05) is 19.0 Å².